The highest BCUT2D eigenvalue weighted by Crippen LogP contribution is 2.22. The average molecular weight is 479 g/mol. The fraction of sp³-hybridized carbons (Fsp3) is 0.500. The predicted molar refractivity (Wildman–Crippen MR) is 125 cm³/mol. The molecule has 0 bridgehead atoms. The number of nitrogens with one attached hydrogen (secondary N) is 1. The van der Waals surface area contributed by atoms with E-state index in [4.69, 9.17) is 5.73 Å². The van der Waals surface area contributed by atoms with Gasteiger partial charge in [-0.1, -0.05) is 30.3 Å². The van der Waals surface area contributed by atoms with E-state index in [1.54, 1.807) is 10.9 Å². The molecule has 1 aromatic carbocycles. The van der Waals surface area contributed by atoms with Gasteiger partial charge in [-0.15, -0.1) is 11.3 Å². The van der Waals surface area contributed by atoms with E-state index in [1.165, 1.54) is 11.3 Å². The lowest BCUT2D eigenvalue weighted by Crippen LogP contribution is -2.60. The summed E-state index contributed by atoms with van der Waals surface area (Å²) < 4.78 is 25.5. The Kier molecular flexibility index (Phi) is 8.02. The van der Waals surface area contributed by atoms with E-state index >= 15 is 0 Å². The summed E-state index contributed by atoms with van der Waals surface area (Å²) in [5.41, 5.74) is 7.53. The summed E-state index contributed by atoms with van der Waals surface area (Å²) in [4.78, 5) is 31.8. The smallest absolute Gasteiger partial charge is 0.243 e. The molecular weight excluding hydrogens is 448 g/mol. The number of hydrogen-bond acceptors (Lipinski definition) is 7. The summed E-state index contributed by atoms with van der Waals surface area (Å²) in [5, 5.41) is 4.16. The van der Waals surface area contributed by atoms with Crippen molar-refractivity contribution in [2.45, 2.75) is 42.9 Å². The van der Waals surface area contributed by atoms with Crippen molar-refractivity contribution in [3.05, 3.63) is 52.5 Å². The Bertz CT molecular complexity index is 1000. The molecule has 0 saturated carbocycles. The van der Waals surface area contributed by atoms with Crippen LogP contribution in [0.5, 0.6) is 0 Å². The summed E-state index contributed by atoms with van der Waals surface area (Å²) in [6.07, 6.45) is 1.25. The number of carbonyl (C=O) groups is 2. The molecule has 174 valence electrons. The van der Waals surface area contributed by atoms with E-state index in [0.717, 1.165) is 18.7 Å². The molecular formula is C22H30N4O4S2. The van der Waals surface area contributed by atoms with Crippen LogP contribution in [0.4, 0.5) is 0 Å². The van der Waals surface area contributed by atoms with E-state index in [0.29, 0.717) is 18.5 Å². The molecule has 1 aliphatic rings. The average Bonchev–Trinajstić information content (AvgIpc) is 3.26. The monoisotopic (exact) mass is 478 g/mol. The molecule has 8 nitrogen and oxygen atoms in total. The molecule has 1 atom stereocenters. The number of amides is 2. The van der Waals surface area contributed by atoms with Crippen molar-refractivity contribution in [2.24, 2.45) is 5.73 Å². The minimum atomic E-state index is -3.40. The topological polar surface area (TPSA) is 122 Å². The molecule has 10 heteroatoms. The van der Waals surface area contributed by atoms with Crippen molar-refractivity contribution in [1.82, 2.24) is 15.2 Å². The zero-order valence-corrected chi connectivity index (χ0v) is 19.8. The molecule has 3 rings (SSSR count). The van der Waals surface area contributed by atoms with Crippen LogP contribution in [0.3, 0.4) is 0 Å². The Labute approximate surface area is 193 Å². The van der Waals surface area contributed by atoms with Crippen molar-refractivity contribution < 1.29 is 18.0 Å². The number of piperidine rings is 1. The number of benzene rings is 1. The van der Waals surface area contributed by atoms with E-state index in [-0.39, 0.29) is 25.0 Å². The molecule has 32 heavy (non-hydrogen) atoms. The van der Waals surface area contributed by atoms with Gasteiger partial charge in [0.2, 0.25) is 11.8 Å². The highest BCUT2D eigenvalue weighted by molar-refractivity contribution is 7.92. The largest absolute Gasteiger partial charge is 0.368 e. The van der Waals surface area contributed by atoms with Crippen LogP contribution < -0.4 is 11.1 Å². The van der Waals surface area contributed by atoms with Gasteiger partial charge in [0, 0.05) is 24.6 Å². The zero-order valence-electron chi connectivity index (χ0n) is 18.2. The Balaban J connectivity index is 1.73. The maximum absolute atomic E-state index is 12.9. The summed E-state index contributed by atoms with van der Waals surface area (Å²) in [6, 6.07) is 9.27. The van der Waals surface area contributed by atoms with Gasteiger partial charge in [0.05, 0.1) is 22.2 Å². The van der Waals surface area contributed by atoms with E-state index < -0.39 is 32.4 Å². The van der Waals surface area contributed by atoms with Crippen LogP contribution in [0.1, 0.15) is 30.5 Å². The summed E-state index contributed by atoms with van der Waals surface area (Å²) in [7, 11) is -1.43. The number of carbonyl (C=O) groups excluding carboxylic acids is 2. The molecule has 1 aliphatic heterocycles. The van der Waals surface area contributed by atoms with Crippen LogP contribution in [0.25, 0.3) is 0 Å². The lowest BCUT2D eigenvalue weighted by Gasteiger charge is -2.32. The van der Waals surface area contributed by atoms with Crippen LogP contribution in [0.2, 0.25) is 0 Å². The van der Waals surface area contributed by atoms with Gasteiger partial charge in [-0.25, -0.2) is 13.4 Å². The van der Waals surface area contributed by atoms with Crippen molar-refractivity contribution in [3.8, 4) is 0 Å². The molecule has 1 fully saturated rings. The Hall–Kier alpha value is -2.30. The molecule has 0 aliphatic carbocycles. The van der Waals surface area contributed by atoms with Gasteiger partial charge in [0.25, 0.3) is 0 Å². The number of sulfone groups is 1. The van der Waals surface area contributed by atoms with Gasteiger partial charge >= 0.3 is 0 Å². The SMILES string of the molecule is CN1CCC(S(=O)(=O)CCC(=O)N[C@@](Cc2ccccc2)(Cc2cscn2)C(N)=O)CC1. The quantitative estimate of drug-likeness (QED) is 0.529. The number of hydrogen-bond donors (Lipinski definition) is 2. The van der Waals surface area contributed by atoms with Crippen molar-refractivity contribution in [2.75, 3.05) is 25.9 Å². The van der Waals surface area contributed by atoms with Gasteiger partial charge in [0.1, 0.15) is 5.54 Å². The number of likely N-dealkylation sites (tertiary alicyclic amines) is 1. The van der Waals surface area contributed by atoms with E-state index in [2.05, 4.69) is 15.2 Å². The van der Waals surface area contributed by atoms with Crippen molar-refractivity contribution >= 4 is 33.0 Å². The first-order valence-electron chi connectivity index (χ1n) is 10.6. The maximum Gasteiger partial charge on any atom is 0.243 e. The Morgan fingerprint density at radius 3 is 2.50 bits per heavy atom. The molecule has 2 amide bonds. The number of rotatable bonds is 10. The first-order valence-corrected chi connectivity index (χ1v) is 13.3. The van der Waals surface area contributed by atoms with Crippen LogP contribution in [0, 0.1) is 0 Å². The molecule has 3 N–H and O–H groups in total. The molecule has 1 saturated heterocycles. The number of nitrogens with zero attached hydrogens (tertiary/aromatic N) is 2. The minimum absolute atomic E-state index is 0.133. The Morgan fingerprint density at radius 1 is 1.22 bits per heavy atom. The second-order valence-corrected chi connectivity index (χ2v) is 11.6. The first-order chi connectivity index (χ1) is 15.2. The van der Waals surface area contributed by atoms with Gasteiger partial charge in [-0.05, 0) is 38.5 Å². The van der Waals surface area contributed by atoms with Gasteiger partial charge in [-0.3, -0.25) is 9.59 Å². The third kappa shape index (κ3) is 6.36. The predicted octanol–water partition coefficient (Wildman–Crippen LogP) is 1.17. The number of primary amides is 1. The number of thiazole rings is 1. The summed E-state index contributed by atoms with van der Waals surface area (Å²) in [6.45, 7) is 1.46. The second kappa shape index (κ2) is 10.5. The molecule has 0 spiro atoms. The Morgan fingerprint density at radius 2 is 1.91 bits per heavy atom. The maximum atomic E-state index is 12.9. The molecule has 2 heterocycles. The van der Waals surface area contributed by atoms with Gasteiger partial charge < -0.3 is 16.0 Å². The van der Waals surface area contributed by atoms with Crippen molar-refractivity contribution in [3.63, 3.8) is 0 Å². The lowest BCUT2D eigenvalue weighted by atomic mass is 9.85. The highest BCUT2D eigenvalue weighted by atomic mass is 32.2. The van der Waals surface area contributed by atoms with Crippen LogP contribution in [0.15, 0.2) is 41.2 Å². The standard InChI is InChI=1S/C22H30N4O4S2/c1-26-10-7-19(8-11-26)32(29,30)12-9-20(27)25-22(21(23)28,14-18-15-31-16-24-18)13-17-5-3-2-4-6-17/h2-6,15-16,19H,7-14H2,1H3,(H2,23,28)(H,25,27)/t22-/m0/s1. The lowest BCUT2D eigenvalue weighted by molar-refractivity contribution is -0.131. The first kappa shape index (κ1) is 24.3. The molecule has 2 aromatic rings. The normalized spacial score (nSPS) is 17.5. The van der Waals surface area contributed by atoms with Crippen LogP contribution in [-0.4, -0.2) is 66.8 Å². The molecule has 0 radical (unpaired) electrons. The fourth-order valence-electron chi connectivity index (χ4n) is 4.04. The van der Waals surface area contributed by atoms with Crippen LogP contribution in [-0.2, 0) is 32.3 Å². The van der Waals surface area contributed by atoms with Gasteiger partial charge in [0.15, 0.2) is 9.84 Å². The summed E-state index contributed by atoms with van der Waals surface area (Å²) in [5.74, 6) is -1.43. The zero-order chi connectivity index (χ0) is 23.2. The highest BCUT2D eigenvalue weighted by Gasteiger charge is 2.39. The van der Waals surface area contributed by atoms with Crippen molar-refractivity contribution in [1.29, 1.82) is 0 Å². The van der Waals surface area contributed by atoms with Gasteiger partial charge in [-0.2, -0.15) is 0 Å². The van der Waals surface area contributed by atoms with E-state index in [1.807, 2.05) is 37.4 Å². The minimum Gasteiger partial charge on any atom is -0.368 e. The number of aromatic nitrogens is 1. The number of nitrogens with two attached hydrogens (primary N) is 1. The van der Waals surface area contributed by atoms with E-state index in [9.17, 15) is 18.0 Å². The second-order valence-electron chi connectivity index (χ2n) is 8.43. The summed E-state index contributed by atoms with van der Waals surface area (Å²) >= 11 is 1.39. The molecule has 1 aromatic heterocycles. The van der Waals surface area contributed by atoms with Crippen LogP contribution >= 0.6 is 11.3 Å². The molecule has 0 unspecified atom stereocenters. The fourth-order valence-corrected chi connectivity index (χ4v) is 6.33. The third-order valence-electron chi connectivity index (χ3n) is 5.95. The third-order valence-corrected chi connectivity index (χ3v) is 8.85.